The second kappa shape index (κ2) is 10.4. The van der Waals surface area contributed by atoms with Gasteiger partial charge in [-0.15, -0.1) is 0 Å². The first-order valence-corrected chi connectivity index (χ1v) is 11.9. The summed E-state index contributed by atoms with van der Waals surface area (Å²) in [6, 6.07) is 8.65. The maximum absolute atomic E-state index is 13.1. The Morgan fingerprint density at radius 1 is 0.868 bits per heavy atom. The van der Waals surface area contributed by atoms with Crippen molar-refractivity contribution in [3.63, 3.8) is 0 Å². The summed E-state index contributed by atoms with van der Waals surface area (Å²) in [6.45, 7) is 0.762. The number of rotatable bonds is 5. The van der Waals surface area contributed by atoms with E-state index < -0.39 is 73.4 Å². The van der Waals surface area contributed by atoms with E-state index >= 15 is 0 Å². The number of fused-ring (bicyclic) bond motifs is 2. The molecule has 13 heteroatoms. The summed E-state index contributed by atoms with van der Waals surface area (Å²) in [6.07, 6.45) is -14.8. The molecule has 3 heterocycles. The molecule has 2 fully saturated rings. The molecule has 2 aliphatic rings. The molecule has 0 unspecified atom stereocenters. The van der Waals surface area contributed by atoms with Crippen molar-refractivity contribution in [2.45, 2.75) is 68.3 Å². The number of ether oxygens (including phenoxy) is 4. The molecule has 5 rings (SSSR count). The molecule has 38 heavy (non-hydrogen) atoms. The van der Waals surface area contributed by atoms with E-state index in [1.165, 1.54) is 37.3 Å². The van der Waals surface area contributed by atoms with Crippen molar-refractivity contribution in [2.75, 3.05) is 6.61 Å². The Kier molecular flexibility index (Phi) is 7.30. The van der Waals surface area contributed by atoms with Crippen LogP contribution in [-0.4, -0.2) is 104 Å². The molecule has 10 atom stereocenters. The average Bonchev–Trinajstić information content (AvgIpc) is 2.90. The van der Waals surface area contributed by atoms with Crippen molar-refractivity contribution in [2.24, 2.45) is 0 Å². The number of aliphatic hydroxyl groups is 6. The van der Waals surface area contributed by atoms with Gasteiger partial charge in [0, 0.05) is 0 Å². The summed E-state index contributed by atoms with van der Waals surface area (Å²) < 4.78 is 28.3. The standard InChI is InChI=1S/C25H28O13/c1-9-17(28)20(31)22(33)24(34-9)38-23-21(32)19(30)15(8-26)37-25(23)35-10-5-6-13-11(7-10)18(29)16-12(27)3-2-4-14(16)36-13/h2-7,9,15,17,19-28,30-33H,8H2,1H3/t9-,15+,17-,19+,20+,21-,22+,23+,24-,25+/m0/s1. The zero-order valence-corrected chi connectivity index (χ0v) is 20.0. The maximum Gasteiger partial charge on any atom is 0.229 e. The first kappa shape index (κ1) is 26.7. The van der Waals surface area contributed by atoms with E-state index in [1.54, 1.807) is 6.07 Å². The molecule has 0 spiro atoms. The lowest BCUT2D eigenvalue weighted by molar-refractivity contribution is -0.354. The lowest BCUT2D eigenvalue weighted by Crippen LogP contribution is -2.64. The number of hydrogen-bond donors (Lipinski definition) is 7. The van der Waals surface area contributed by atoms with Gasteiger partial charge in [0.25, 0.3) is 0 Å². The van der Waals surface area contributed by atoms with Gasteiger partial charge >= 0.3 is 0 Å². The number of hydrogen-bond acceptors (Lipinski definition) is 13. The van der Waals surface area contributed by atoms with E-state index in [2.05, 4.69) is 0 Å². The highest BCUT2D eigenvalue weighted by molar-refractivity contribution is 5.93. The summed E-state index contributed by atoms with van der Waals surface area (Å²) >= 11 is 0. The van der Waals surface area contributed by atoms with Crippen molar-refractivity contribution in [1.82, 2.24) is 0 Å². The minimum atomic E-state index is -1.71. The van der Waals surface area contributed by atoms with Crippen LogP contribution in [0.15, 0.2) is 45.6 Å². The normalized spacial score (nSPS) is 36.0. The molecule has 1 aromatic heterocycles. The monoisotopic (exact) mass is 536 g/mol. The topological polar surface area (TPSA) is 209 Å². The van der Waals surface area contributed by atoms with Crippen LogP contribution in [0.4, 0.5) is 0 Å². The number of phenolic OH excluding ortho intramolecular Hbond substituents is 1. The number of benzene rings is 2. The highest BCUT2D eigenvalue weighted by Crippen LogP contribution is 2.32. The van der Waals surface area contributed by atoms with Crippen LogP contribution in [0.25, 0.3) is 21.9 Å². The van der Waals surface area contributed by atoms with Gasteiger partial charge in [-0.05, 0) is 37.3 Å². The highest BCUT2D eigenvalue weighted by atomic mass is 16.8. The third kappa shape index (κ3) is 4.62. The summed E-state index contributed by atoms with van der Waals surface area (Å²) in [5.74, 6) is -0.212. The Hall–Kier alpha value is -2.85. The van der Waals surface area contributed by atoms with Gasteiger partial charge in [-0.1, -0.05) is 6.07 Å². The van der Waals surface area contributed by atoms with Crippen LogP contribution < -0.4 is 10.2 Å². The fraction of sp³-hybridized carbons (Fsp3) is 0.480. The van der Waals surface area contributed by atoms with Crippen molar-refractivity contribution < 1.29 is 59.1 Å². The van der Waals surface area contributed by atoms with Gasteiger partial charge in [0.2, 0.25) is 11.7 Å². The Morgan fingerprint density at radius 2 is 1.63 bits per heavy atom. The van der Waals surface area contributed by atoms with Crippen LogP contribution in [0.5, 0.6) is 11.5 Å². The fourth-order valence-corrected chi connectivity index (χ4v) is 4.65. The summed E-state index contributed by atoms with van der Waals surface area (Å²) in [4.78, 5) is 13.1. The molecule has 0 bridgehead atoms. The van der Waals surface area contributed by atoms with Crippen LogP contribution in [-0.2, 0) is 14.2 Å². The fourth-order valence-electron chi connectivity index (χ4n) is 4.65. The Balaban J connectivity index is 1.47. The average molecular weight is 536 g/mol. The minimum Gasteiger partial charge on any atom is -0.507 e. The van der Waals surface area contributed by atoms with E-state index in [9.17, 15) is 40.5 Å². The van der Waals surface area contributed by atoms with Crippen molar-refractivity contribution in [1.29, 1.82) is 0 Å². The molecular formula is C25H28O13. The number of phenols is 1. The van der Waals surface area contributed by atoms with Crippen LogP contribution in [0.3, 0.4) is 0 Å². The maximum atomic E-state index is 13.1. The number of aromatic hydroxyl groups is 1. The van der Waals surface area contributed by atoms with Crippen molar-refractivity contribution in [3.8, 4) is 11.5 Å². The van der Waals surface area contributed by atoms with E-state index in [0.29, 0.717) is 0 Å². The Morgan fingerprint density at radius 3 is 2.37 bits per heavy atom. The molecule has 13 nitrogen and oxygen atoms in total. The Bertz CT molecular complexity index is 1360. The molecule has 0 amide bonds. The SMILES string of the molecule is C[C@@H]1O[C@@H](O[C@H]2[C@H](Oc3ccc4oc5cccc(O)c5c(=O)c4c3)O[C@H](CO)[C@@H](O)[C@@H]2O)[C@H](O)[C@H](O)[C@H]1O. The van der Waals surface area contributed by atoms with Crippen LogP contribution >= 0.6 is 0 Å². The molecule has 0 saturated carbocycles. The van der Waals surface area contributed by atoms with Crippen LogP contribution in [0, 0.1) is 0 Å². The lowest BCUT2D eigenvalue weighted by Gasteiger charge is -2.45. The quantitative estimate of drug-likeness (QED) is 0.189. The smallest absolute Gasteiger partial charge is 0.229 e. The summed E-state index contributed by atoms with van der Waals surface area (Å²) in [5, 5.41) is 71.4. The van der Waals surface area contributed by atoms with Gasteiger partial charge in [0.15, 0.2) is 12.4 Å². The molecule has 206 valence electrons. The molecule has 2 aliphatic heterocycles. The van der Waals surface area contributed by atoms with Gasteiger partial charge in [-0.3, -0.25) is 4.79 Å². The minimum absolute atomic E-state index is 0.0236. The molecule has 0 radical (unpaired) electrons. The number of aliphatic hydroxyl groups excluding tert-OH is 6. The van der Waals surface area contributed by atoms with E-state index in [-0.39, 0.29) is 33.4 Å². The third-order valence-electron chi connectivity index (χ3n) is 6.82. The molecule has 3 aromatic rings. The zero-order valence-electron chi connectivity index (χ0n) is 20.0. The predicted molar refractivity (Wildman–Crippen MR) is 127 cm³/mol. The van der Waals surface area contributed by atoms with Crippen molar-refractivity contribution >= 4 is 21.9 Å². The van der Waals surface area contributed by atoms with E-state index in [0.717, 1.165) is 0 Å². The zero-order chi connectivity index (χ0) is 27.3. The van der Waals surface area contributed by atoms with E-state index in [4.69, 9.17) is 23.4 Å². The summed E-state index contributed by atoms with van der Waals surface area (Å²) in [7, 11) is 0. The molecule has 0 aliphatic carbocycles. The molecule has 2 saturated heterocycles. The van der Waals surface area contributed by atoms with Crippen molar-refractivity contribution in [3.05, 3.63) is 46.6 Å². The predicted octanol–water partition coefficient (Wildman–Crippen LogP) is -1.32. The lowest BCUT2D eigenvalue weighted by atomic mass is 9.97. The van der Waals surface area contributed by atoms with Gasteiger partial charge in [0.05, 0.1) is 18.1 Å². The Labute approximate surface area is 214 Å². The second-order valence-corrected chi connectivity index (χ2v) is 9.35. The van der Waals surface area contributed by atoms with Crippen LogP contribution in [0.2, 0.25) is 0 Å². The van der Waals surface area contributed by atoms with Gasteiger partial charge in [-0.2, -0.15) is 0 Å². The largest absolute Gasteiger partial charge is 0.507 e. The van der Waals surface area contributed by atoms with Gasteiger partial charge < -0.3 is 59.1 Å². The van der Waals surface area contributed by atoms with Crippen LogP contribution in [0.1, 0.15) is 6.92 Å². The molecular weight excluding hydrogens is 508 g/mol. The molecule has 2 aromatic carbocycles. The van der Waals surface area contributed by atoms with Gasteiger partial charge in [-0.25, -0.2) is 0 Å². The third-order valence-corrected chi connectivity index (χ3v) is 6.82. The molecule has 7 N–H and O–H groups in total. The first-order chi connectivity index (χ1) is 18.1. The second-order valence-electron chi connectivity index (χ2n) is 9.35. The first-order valence-electron chi connectivity index (χ1n) is 11.9. The highest BCUT2D eigenvalue weighted by Gasteiger charge is 2.50. The van der Waals surface area contributed by atoms with Gasteiger partial charge in [0.1, 0.15) is 64.7 Å². The summed E-state index contributed by atoms with van der Waals surface area (Å²) in [5.41, 5.74) is -0.122. The van der Waals surface area contributed by atoms with E-state index in [1.807, 2.05) is 0 Å².